The van der Waals surface area contributed by atoms with Crippen LogP contribution >= 0.6 is 10.7 Å². The van der Waals surface area contributed by atoms with Gasteiger partial charge in [-0.2, -0.15) is 13.2 Å². The standard InChI is InChI=1S/C11H10ClF4NO3S/c1-6(5-11(14,15)16)17-10(18)7-2-3-8(13)9(4-7)21(12,19)20/h2-4,6H,5H2,1H3,(H,17,18). The van der Waals surface area contributed by atoms with Gasteiger partial charge in [-0.3, -0.25) is 4.79 Å². The molecule has 0 aliphatic rings. The van der Waals surface area contributed by atoms with Crippen molar-refractivity contribution >= 4 is 25.6 Å². The molecule has 0 saturated heterocycles. The molecular formula is C11H10ClF4NO3S. The molecule has 1 atom stereocenters. The van der Waals surface area contributed by atoms with E-state index in [-0.39, 0.29) is 5.56 Å². The molecule has 118 valence electrons. The second-order valence-electron chi connectivity index (χ2n) is 4.28. The van der Waals surface area contributed by atoms with E-state index in [9.17, 15) is 30.8 Å². The lowest BCUT2D eigenvalue weighted by Crippen LogP contribution is -2.36. The number of benzene rings is 1. The van der Waals surface area contributed by atoms with E-state index in [0.717, 1.165) is 13.0 Å². The van der Waals surface area contributed by atoms with Crippen LogP contribution in [0.1, 0.15) is 23.7 Å². The lowest BCUT2D eigenvalue weighted by molar-refractivity contribution is -0.138. The van der Waals surface area contributed by atoms with Gasteiger partial charge in [0.2, 0.25) is 0 Å². The second kappa shape index (κ2) is 6.18. The smallest absolute Gasteiger partial charge is 0.349 e. The summed E-state index contributed by atoms with van der Waals surface area (Å²) in [6.45, 7) is 1.13. The van der Waals surface area contributed by atoms with E-state index in [1.54, 1.807) is 0 Å². The summed E-state index contributed by atoms with van der Waals surface area (Å²) < 4.78 is 71.8. The molecule has 1 rings (SSSR count). The summed E-state index contributed by atoms with van der Waals surface area (Å²) in [4.78, 5) is 10.8. The maximum Gasteiger partial charge on any atom is 0.391 e. The van der Waals surface area contributed by atoms with Crippen LogP contribution in [0.5, 0.6) is 0 Å². The van der Waals surface area contributed by atoms with E-state index in [1.807, 2.05) is 5.32 Å². The summed E-state index contributed by atoms with van der Waals surface area (Å²) in [6, 6.07) is 1.07. The van der Waals surface area contributed by atoms with E-state index >= 15 is 0 Å². The molecule has 1 unspecified atom stereocenters. The highest BCUT2D eigenvalue weighted by atomic mass is 35.7. The molecule has 1 aromatic carbocycles. The largest absolute Gasteiger partial charge is 0.391 e. The maximum atomic E-state index is 13.3. The molecule has 0 aliphatic carbocycles. The van der Waals surface area contributed by atoms with E-state index in [1.165, 1.54) is 0 Å². The monoisotopic (exact) mass is 347 g/mol. The molecular weight excluding hydrogens is 338 g/mol. The van der Waals surface area contributed by atoms with Gasteiger partial charge in [0.1, 0.15) is 10.7 Å². The lowest BCUT2D eigenvalue weighted by Gasteiger charge is -2.16. The van der Waals surface area contributed by atoms with Gasteiger partial charge in [0.05, 0.1) is 6.42 Å². The first-order valence-corrected chi connectivity index (χ1v) is 7.83. The number of rotatable bonds is 4. The van der Waals surface area contributed by atoms with Crippen molar-refractivity contribution < 1.29 is 30.8 Å². The number of hydrogen-bond acceptors (Lipinski definition) is 3. The molecule has 0 aliphatic heterocycles. The van der Waals surface area contributed by atoms with Gasteiger partial charge in [-0.1, -0.05) is 0 Å². The minimum Gasteiger partial charge on any atom is -0.349 e. The zero-order valence-corrected chi connectivity index (χ0v) is 12.1. The van der Waals surface area contributed by atoms with Crippen molar-refractivity contribution in [2.75, 3.05) is 0 Å². The molecule has 0 bridgehead atoms. The lowest BCUT2D eigenvalue weighted by atomic mass is 10.1. The maximum absolute atomic E-state index is 13.3. The van der Waals surface area contributed by atoms with Crippen molar-refractivity contribution in [2.45, 2.75) is 30.5 Å². The quantitative estimate of drug-likeness (QED) is 0.673. The third-order valence-corrected chi connectivity index (χ3v) is 3.71. The molecule has 0 fully saturated rings. The van der Waals surface area contributed by atoms with E-state index in [0.29, 0.717) is 12.1 Å². The van der Waals surface area contributed by atoms with Crippen LogP contribution in [-0.2, 0) is 9.05 Å². The highest BCUT2D eigenvalue weighted by molar-refractivity contribution is 8.13. The average molecular weight is 348 g/mol. The zero-order chi connectivity index (χ0) is 16.4. The van der Waals surface area contributed by atoms with Crippen LogP contribution in [-0.4, -0.2) is 26.5 Å². The van der Waals surface area contributed by atoms with Crippen molar-refractivity contribution in [1.29, 1.82) is 0 Å². The van der Waals surface area contributed by atoms with Gasteiger partial charge in [0.15, 0.2) is 0 Å². The Morgan fingerprint density at radius 3 is 2.43 bits per heavy atom. The molecule has 0 aromatic heterocycles. The van der Waals surface area contributed by atoms with Gasteiger partial charge in [0, 0.05) is 22.3 Å². The van der Waals surface area contributed by atoms with Gasteiger partial charge < -0.3 is 5.32 Å². The summed E-state index contributed by atoms with van der Waals surface area (Å²) in [5.74, 6) is -2.13. The van der Waals surface area contributed by atoms with Gasteiger partial charge in [-0.15, -0.1) is 0 Å². The highest BCUT2D eigenvalue weighted by Gasteiger charge is 2.30. The van der Waals surface area contributed by atoms with Crippen molar-refractivity contribution in [3.05, 3.63) is 29.6 Å². The number of carbonyl (C=O) groups excluding carboxylic acids is 1. The first-order chi connectivity index (χ1) is 9.40. The van der Waals surface area contributed by atoms with Crippen LogP contribution in [0, 0.1) is 5.82 Å². The van der Waals surface area contributed by atoms with Crippen LogP contribution < -0.4 is 5.32 Å². The highest BCUT2D eigenvalue weighted by Crippen LogP contribution is 2.22. The van der Waals surface area contributed by atoms with Gasteiger partial charge in [0.25, 0.3) is 15.0 Å². The van der Waals surface area contributed by atoms with Crippen molar-refractivity contribution in [1.82, 2.24) is 5.32 Å². The van der Waals surface area contributed by atoms with Crippen LogP contribution in [0.4, 0.5) is 17.6 Å². The van der Waals surface area contributed by atoms with E-state index < -0.39 is 44.3 Å². The predicted octanol–water partition coefficient (Wildman–Crippen LogP) is 2.82. The van der Waals surface area contributed by atoms with E-state index in [4.69, 9.17) is 10.7 Å². The molecule has 1 N–H and O–H groups in total. The van der Waals surface area contributed by atoms with Crippen molar-refractivity contribution in [3.63, 3.8) is 0 Å². The molecule has 10 heteroatoms. The Kier molecular flexibility index (Phi) is 5.21. The summed E-state index contributed by atoms with van der Waals surface area (Å²) >= 11 is 0. The molecule has 0 saturated carbocycles. The number of hydrogen-bond donors (Lipinski definition) is 1. The normalized spacial score (nSPS) is 13.8. The number of amides is 1. The van der Waals surface area contributed by atoms with Crippen molar-refractivity contribution in [3.8, 4) is 0 Å². The number of nitrogens with one attached hydrogen (secondary N) is 1. The fraction of sp³-hybridized carbons (Fsp3) is 0.364. The van der Waals surface area contributed by atoms with Crippen LogP contribution in [0.15, 0.2) is 23.1 Å². The Morgan fingerprint density at radius 1 is 1.38 bits per heavy atom. The molecule has 0 heterocycles. The molecule has 4 nitrogen and oxygen atoms in total. The number of carbonyl (C=O) groups is 1. The van der Waals surface area contributed by atoms with Gasteiger partial charge >= 0.3 is 6.18 Å². The summed E-state index contributed by atoms with van der Waals surface area (Å²) in [6.07, 6.45) is -5.71. The topological polar surface area (TPSA) is 63.2 Å². The molecule has 1 aromatic rings. The summed E-state index contributed by atoms with van der Waals surface area (Å²) in [5.41, 5.74) is -0.315. The Bertz CT molecular complexity index is 645. The zero-order valence-electron chi connectivity index (χ0n) is 10.5. The van der Waals surface area contributed by atoms with Crippen molar-refractivity contribution in [2.24, 2.45) is 0 Å². The molecule has 21 heavy (non-hydrogen) atoms. The van der Waals surface area contributed by atoms with E-state index in [2.05, 4.69) is 0 Å². The Hall–Kier alpha value is -1.35. The minimum absolute atomic E-state index is 0.315. The first kappa shape index (κ1) is 17.7. The Balaban J connectivity index is 2.94. The van der Waals surface area contributed by atoms with Gasteiger partial charge in [-0.05, 0) is 25.1 Å². The average Bonchev–Trinajstić information content (AvgIpc) is 2.24. The predicted molar refractivity (Wildman–Crippen MR) is 67.0 cm³/mol. The fourth-order valence-corrected chi connectivity index (χ4v) is 2.46. The number of halogens is 5. The third-order valence-electron chi connectivity index (χ3n) is 2.37. The van der Waals surface area contributed by atoms with Crippen LogP contribution in [0.3, 0.4) is 0 Å². The first-order valence-electron chi connectivity index (χ1n) is 5.52. The SMILES string of the molecule is CC(CC(F)(F)F)NC(=O)c1ccc(F)c(S(=O)(=O)Cl)c1. The summed E-state index contributed by atoms with van der Waals surface area (Å²) in [5, 5.41) is 2.03. The molecule has 1 amide bonds. The second-order valence-corrected chi connectivity index (χ2v) is 6.81. The third kappa shape index (κ3) is 5.50. The van der Waals surface area contributed by atoms with Crippen LogP contribution in [0.25, 0.3) is 0 Å². The Morgan fingerprint density at radius 2 is 1.95 bits per heavy atom. The molecule has 0 spiro atoms. The fourth-order valence-electron chi connectivity index (χ4n) is 1.54. The molecule has 0 radical (unpaired) electrons. The number of alkyl halides is 3. The Labute approximate surface area is 122 Å². The van der Waals surface area contributed by atoms with Gasteiger partial charge in [-0.25, -0.2) is 12.8 Å². The minimum atomic E-state index is -4.46. The van der Waals surface area contributed by atoms with Crippen LogP contribution in [0.2, 0.25) is 0 Å². The summed E-state index contributed by atoms with van der Waals surface area (Å²) in [7, 11) is 0.576.